The standard InChI is InChI=1S/C10H14Cl2N6O5S/c1-10(2,3)23-9(20)16-7(13)18-24(21,22)17-6-4(5(11)12)14-8(19)15-6/h1-3H3,(H3,13,16,18,20)(H2,14,15,17,19). The van der Waals surface area contributed by atoms with Crippen LogP contribution in [-0.4, -0.2) is 37.9 Å². The number of nitrogens with zero attached hydrogens (tertiary/aromatic N) is 2. The van der Waals surface area contributed by atoms with Crippen molar-refractivity contribution in [2.75, 3.05) is 0 Å². The molecule has 0 aromatic carbocycles. The lowest BCUT2D eigenvalue weighted by Gasteiger charge is -2.19. The summed E-state index contributed by atoms with van der Waals surface area (Å²) in [6.45, 7) is 4.80. The van der Waals surface area contributed by atoms with Crippen molar-refractivity contribution in [2.45, 2.75) is 26.4 Å². The molecule has 1 heterocycles. The van der Waals surface area contributed by atoms with Gasteiger partial charge in [0.05, 0.1) is 0 Å². The number of alkyl carbamates (subject to hydrolysis) is 1. The molecule has 0 aromatic heterocycles. The summed E-state index contributed by atoms with van der Waals surface area (Å²) in [6, 6.07) is -0.790. The molecule has 0 aromatic rings. The van der Waals surface area contributed by atoms with Gasteiger partial charge >= 0.3 is 22.3 Å². The fraction of sp³-hybridized carbons (Fsp3) is 0.400. The number of nitrogens with two attached hydrogens (primary N) is 1. The van der Waals surface area contributed by atoms with Crippen LogP contribution in [0.4, 0.5) is 9.59 Å². The minimum absolute atomic E-state index is 0.249. The predicted molar refractivity (Wildman–Crippen MR) is 87.7 cm³/mol. The van der Waals surface area contributed by atoms with Crippen LogP contribution in [0.1, 0.15) is 20.8 Å². The second-order valence-corrected chi connectivity index (χ2v) is 7.42. The molecule has 24 heavy (non-hydrogen) atoms. The Balaban J connectivity index is 2.96. The summed E-state index contributed by atoms with van der Waals surface area (Å²) in [7, 11) is -4.57. The van der Waals surface area contributed by atoms with E-state index in [1.807, 2.05) is 5.32 Å². The number of carbonyl (C=O) groups is 2. The molecule has 5 N–H and O–H groups in total. The Morgan fingerprint density at radius 2 is 1.88 bits per heavy atom. The van der Waals surface area contributed by atoms with Gasteiger partial charge in [-0.05, 0) is 20.8 Å². The van der Waals surface area contributed by atoms with E-state index >= 15 is 0 Å². The van der Waals surface area contributed by atoms with Crippen LogP contribution in [0.5, 0.6) is 0 Å². The van der Waals surface area contributed by atoms with E-state index in [1.165, 1.54) is 0 Å². The van der Waals surface area contributed by atoms with Crippen LogP contribution in [0.25, 0.3) is 0 Å². The molecular formula is C10H14Cl2N6O5S. The number of rotatable bonds is 2. The fourth-order valence-corrected chi connectivity index (χ4v) is 2.25. The van der Waals surface area contributed by atoms with Crippen molar-refractivity contribution in [1.82, 2.24) is 16.0 Å². The van der Waals surface area contributed by atoms with Crippen molar-refractivity contribution in [2.24, 2.45) is 14.5 Å². The molecule has 0 atom stereocenters. The largest absolute Gasteiger partial charge is 0.444 e. The summed E-state index contributed by atoms with van der Waals surface area (Å²) in [6.07, 6.45) is -1.01. The third-order valence-corrected chi connectivity index (χ3v) is 3.16. The average molecular weight is 401 g/mol. The number of hydrogen-bond acceptors (Lipinski definition) is 5. The maximum Gasteiger partial charge on any atom is 0.414 e. The number of amidine groups is 1. The molecule has 14 heteroatoms. The van der Waals surface area contributed by atoms with E-state index in [0.717, 1.165) is 0 Å². The fourth-order valence-electron chi connectivity index (χ4n) is 1.27. The SMILES string of the molecule is CC(C)(C)OC(=O)N/C(N)=N/S(=O)(=O)/N=C1\NC(=O)NC1=C(Cl)Cl. The lowest BCUT2D eigenvalue weighted by Crippen LogP contribution is -2.40. The lowest BCUT2D eigenvalue weighted by molar-refractivity contribution is 0.0562. The molecule has 0 unspecified atom stereocenters. The first-order valence-electron chi connectivity index (χ1n) is 6.13. The number of guanidine groups is 1. The highest BCUT2D eigenvalue weighted by Crippen LogP contribution is 2.16. The van der Waals surface area contributed by atoms with E-state index in [2.05, 4.69) is 19.4 Å². The number of urea groups is 1. The van der Waals surface area contributed by atoms with Gasteiger partial charge in [0.2, 0.25) is 5.96 Å². The van der Waals surface area contributed by atoms with E-state index in [4.69, 9.17) is 33.7 Å². The van der Waals surface area contributed by atoms with Gasteiger partial charge in [-0.15, -0.1) is 8.80 Å². The zero-order chi connectivity index (χ0) is 18.7. The summed E-state index contributed by atoms with van der Waals surface area (Å²) >= 11 is 11.0. The van der Waals surface area contributed by atoms with Crippen molar-refractivity contribution in [3.05, 3.63) is 10.2 Å². The number of amides is 3. The van der Waals surface area contributed by atoms with Crippen LogP contribution in [0.3, 0.4) is 0 Å². The Bertz CT molecular complexity index is 748. The molecule has 0 radical (unpaired) electrons. The van der Waals surface area contributed by atoms with Gasteiger partial charge in [0.15, 0.2) is 5.84 Å². The third kappa shape index (κ3) is 6.60. The molecule has 0 aliphatic carbocycles. The normalized spacial score (nSPS) is 17.4. The highest BCUT2D eigenvalue weighted by Gasteiger charge is 2.26. The summed E-state index contributed by atoms with van der Waals surface area (Å²) in [5, 5.41) is 6.11. The molecule has 134 valence electrons. The van der Waals surface area contributed by atoms with E-state index < -0.39 is 44.2 Å². The monoisotopic (exact) mass is 400 g/mol. The van der Waals surface area contributed by atoms with Crippen LogP contribution in [0.2, 0.25) is 0 Å². The first kappa shape index (κ1) is 20.0. The van der Waals surface area contributed by atoms with Crippen LogP contribution in [-0.2, 0) is 14.9 Å². The molecule has 0 bridgehead atoms. The van der Waals surface area contributed by atoms with Gasteiger partial charge in [0.25, 0.3) is 0 Å². The number of hydrogen-bond donors (Lipinski definition) is 4. The molecule has 1 saturated heterocycles. The molecule has 1 aliphatic heterocycles. The van der Waals surface area contributed by atoms with Crippen molar-refractivity contribution in [3.63, 3.8) is 0 Å². The summed E-state index contributed by atoms with van der Waals surface area (Å²) in [5.41, 5.74) is 4.23. The molecular weight excluding hydrogens is 387 g/mol. The van der Waals surface area contributed by atoms with Gasteiger partial charge in [-0.2, -0.15) is 8.42 Å². The van der Waals surface area contributed by atoms with Gasteiger partial charge in [-0.25, -0.2) is 9.59 Å². The zero-order valence-corrected chi connectivity index (χ0v) is 15.0. The summed E-state index contributed by atoms with van der Waals surface area (Å²) < 4.78 is 34.3. The number of ether oxygens (including phenoxy) is 1. The van der Waals surface area contributed by atoms with Gasteiger partial charge in [0, 0.05) is 0 Å². The Kier molecular flexibility index (Phi) is 6.03. The minimum atomic E-state index is -4.57. The Morgan fingerprint density at radius 1 is 1.29 bits per heavy atom. The highest BCUT2D eigenvalue weighted by molar-refractivity contribution is 7.89. The second-order valence-electron chi connectivity index (χ2n) is 5.21. The van der Waals surface area contributed by atoms with Crippen LogP contribution >= 0.6 is 23.2 Å². The second kappa shape index (κ2) is 7.23. The van der Waals surface area contributed by atoms with Gasteiger partial charge < -0.3 is 15.8 Å². The molecule has 1 aliphatic rings. The third-order valence-electron chi connectivity index (χ3n) is 1.95. The predicted octanol–water partition coefficient (Wildman–Crippen LogP) is 0.429. The average Bonchev–Trinajstić information content (AvgIpc) is 2.65. The summed E-state index contributed by atoms with van der Waals surface area (Å²) in [4.78, 5) is 22.6. The zero-order valence-electron chi connectivity index (χ0n) is 12.7. The maximum atomic E-state index is 11.8. The summed E-state index contributed by atoms with van der Waals surface area (Å²) in [5.74, 6) is -1.26. The molecule has 1 fully saturated rings. The van der Waals surface area contributed by atoms with E-state index in [9.17, 15) is 18.0 Å². The van der Waals surface area contributed by atoms with Gasteiger partial charge in [-0.1, -0.05) is 23.2 Å². The Hall–Kier alpha value is -2.05. The lowest BCUT2D eigenvalue weighted by atomic mass is 10.2. The smallest absolute Gasteiger partial charge is 0.414 e. The van der Waals surface area contributed by atoms with E-state index in [-0.39, 0.29) is 5.70 Å². The highest BCUT2D eigenvalue weighted by atomic mass is 35.5. The molecule has 11 nitrogen and oxygen atoms in total. The molecule has 1 rings (SSSR count). The van der Waals surface area contributed by atoms with Gasteiger partial charge in [-0.3, -0.25) is 10.6 Å². The van der Waals surface area contributed by atoms with Crippen molar-refractivity contribution in [3.8, 4) is 0 Å². The van der Waals surface area contributed by atoms with E-state index in [1.54, 1.807) is 20.8 Å². The van der Waals surface area contributed by atoms with Crippen molar-refractivity contribution >= 4 is 57.3 Å². The van der Waals surface area contributed by atoms with Crippen molar-refractivity contribution in [1.29, 1.82) is 0 Å². The number of nitrogens with one attached hydrogen (secondary N) is 3. The van der Waals surface area contributed by atoms with Crippen LogP contribution in [0.15, 0.2) is 19.0 Å². The van der Waals surface area contributed by atoms with E-state index in [0.29, 0.717) is 0 Å². The first-order valence-corrected chi connectivity index (χ1v) is 8.28. The minimum Gasteiger partial charge on any atom is -0.444 e. The number of carbonyl (C=O) groups excluding carboxylic acids is 2. The molecule has 0 spiro atoms. The Morgan fingerprint density at radius 3 is 2.38 bits per heavy atom. The van der Waals surface area contributed by atoms with Gasteiger partial charge in [0.1, 0.15) is 15.8 Å². The Labute approximate surface area is 147 Å². The first-order chi connectivity index (χ1) is 10.8. The molecule has 0 saturated carbocycles. The van der Waals surface area contributed by atoms with Crippen LogP contribution in [0, 0.1) is 0 Å². The maximum absolute atomic E-state index is 11.8. The van der Waals surface area contributed by atoms with Crippen LogP contribution < -0.4 is 21.7 Å². The quantitative estimate of drug-likeness (QED) is 0.387. The number of halogens is 2. The van der Waals surface area contributed by atoms with Crippen molar-refractivity contribution < 1.29 is 22.7 Å². The topological polar surface area (TPSA) is 164 Å². The molecule has 3 amide bonds.